The molecule has 3 rings (SSSR count). The minimum absolute atomic E-state index is 0.0174. The van der Waals surface area contributed by atoms with Gasteiger partial charge in [0, 0.05) is 17.1 Å². The molecule has 3 aromatic rings. The summed E-state index contributed by atoms with van der Waals surface area (Å²) in [5, 5.41) is 29.7. The molecule has 0 aliphatic rings. The number of rotatable bonds is 1. The summed E-state index contributed by atoms with van der Waals surface area (Å²) in [7, 11) is 0. The van der Waals surface area contributed by atoms with Gasteiger partial charge in [-0.15, -0.1) is 0 Å². The molecule has 0 radical (unpaired) electrons. The molecule has 0 aliphatic heterocycles. The van der Waals surface area contributed by atoms with Crippen LogP contribution in [0.25, 0.3) is 21.9 Å². The molecule has 20 heavy (non-hydrogen) atoms. The molecule has 5 nitrogen and oxygen atoms in total. The van der Waals surface area contributed by atoms with Crippen molar-refractivity contribution in [1.29, 1.82) is 0 Å². The molecule has 0 unspecified atom stereocenters. The SMILES string of the molecule is O=c1[nH]cc(-c2ccc(O)c(O)c2)c2c(O)cccc12. The van der Waals surface area contributed by atoms with E-state index in [0.717, 1.165) is 0 Å². The molecule has 0 amide bonds. The molecule has 1 aromatic heterocycles. The van der Waals surface area contributed by atoms with E-state index in [1.165, 1.54) is 24.4 Å². The smallest absolute Gasteiger partial charge is 0.255 e. The van der Waals surface area contributed by atoms with E-state index in [1.54, 1.807) is 18.2 Å². The third-order valence-corrected chi connectivity index (χ3v) is 3.19. The lowest BCUT2D eigenvalue weighted by Gasteiger charge is -2.09. The summed E-state index contributed by atoms with van der Waals surface area (Å²) in [5.41, 5.74) is 0.832. The van der Waals surface area contributed by atoms with Crippen molar-refractivity contribution in [3.05, 3.63) is 52.9 Å². The van der Waals surface area contributed by atoms with Gasteiger partial charge in [-0.05, 0) is 29.8 Å². The minimum atomic E-state index is -0.303. The number of hydrogen-bond donors (Lipinski definition) is 4. The van der Waals surface area contributed by atoms with E-state index in [4.69, 9.17) is 0 Å². The first-order chi connectivity index (χ1) is 9.58. The predicted octanol–water partition coefficient (Wildman–Crippen LogP) is 2.31. The van der Waals surface area contributed by atoms with Crippen molar-refractivity contribution in [1.82, 2.24) is 4.98 Å². The Morgan fingerprint density at radius 2 is 1.70 bits per heavy atom. The normalized spacial score (nSPS) is 10.8. The van der Waals surface area contributed by atoms with Gasteiger partial charge in [0.1, 0.15) is 5.75 Å². The summed E-state index contributed by atoms with van der Waals surface area (Å²) in [6.07, 6.45) is 1.47. The highest BCUT2D eigenvalue weighted by Crippen LogP contribution is 2.36. The fraction of sp³-hybridized carbons (Fsp3) is 0. The molecule has 0 atom stereocenters. The maximum absolute atomic E-state index is 11.8. The second-order valence-electron chi connectivity index (χ2n) is 4.43. The molecule has 4 N–H and O–H groups in total. The third-order valence-electron chi connectivity index (χ3n) is 3.19. The lowest BCUT2D eigenvalue weighted by Crippen LogP contribution is -2.05. The number of phenols is 3. The second-order valence-corrected chi connectivity index (χ2v) is 4.43. The van der Waals surface area contributed by atoms with Crippen molar-refractivity contribution in [3.8, 4) is 28.4 Å². The molecule has 100 valence electrons. The Morgan fingerprint density at radius 3 is 2.45 bits per heavy atom. The molecule has 5 heteroatoms. The van der Waals surface area contributed by atoms with Crippen molar-refractivity contribution in [2.45, 2.75) is 0 Å². The zero-order valence-corrected chi connectivity index (χ0v) is 10.3. The molecule has 1 heterocycles. The number of fused-ring (bicyclic) bond motifs is 1. The Kier molecular flexibility index (Phi) is 2.61. The van der Waals surface area contributed by atoms with Gasteiger partial charge in [0.2, 0.25) is 0 Å². The second kappa shape index (κ2) is 4.31. The number of H-pyrrole nitrogens is 1. The van der Waals surface area contributed by atoms with Gasteiger partial charge in [-0.25, -0.2) is 0 Å². The molecule has 0 saturated heterocycles. The molecular formula is C15H11NO4. The van der Waals surface area contributed by atoms with Crippen molar-refractivity contribution >= 4 is 10.8 Å². The van der Waals surface area contributed by atoms with Gasteiger partial charge in [-0.3, -0.25) is 4.79 Å². The number of benzene rings is 2. The van der Waals surface area contributed by atoms with Crippen molar-refractivity contribution < 1.29 is 15.3 Å². The topological polar surface area (TPSA) is 93.6 Å². The maximum Gasteiger partial charge on any atom is 0.255 e. The Labute approximate surface area is 113 Å². The molecule has 0 spiro atoms. The third kappa shape index (κ3) is 1.76. The van der Waals surface area contributed by atoms with E-state index in [9.17, 15) is 20.1 Å². The van der Waals surface area contributed by atoms with Gasteiger partial charge in [-0.2, -0.15) is 0 Å². The highest BCUT2D eigenvalue weighted by molar-refractivity contribution is 6.00. The van der Waals surface area contributed by atoms with Crippen LogP contribution in [0.2, 0.25) is 0 Å². The van der Waals surface area contributed by atoms with Crippen LogP contribution in [0.5, 0.6) is 17.2 Å². The minimum Gasteiger partial charge on any atom is -0.507 e. The lowest BCUT2D eigenvalue weighted by atomic mass is 10.00. The number of phenolic OH excluding ortho intramolecular Hbond substituents is 3. The van der Waals surface area contributed by atoms with Crippen LogP contribution in [-0.2, 0) is 0 Å². The van der Waals surface area contributed by atoms with Crippen LogP contribution in [0.4, 0.5) is 0 Å². The number of aromatic amines is 1. The fourth-order valence-corrected chi connectivity index (χ4v) is 2.22. The van der Waals surface area contributed by atoms with Crippen molar-refractivity contribution in [2.24, 2.45) is 0 Å². The first-order valence-electron chi connectivity index (χ1n) is 5.93. The van der Waals surface area contributed by atoms with Crippen LogP contribution in [0, 0.1) is 0 Å². The van der Waals surface area contributed by atoms with Crippen molar-refractivity contribution in [3.63, 3.8) is 0 Å². The zero-order chi connectivity index (χ0) is 14.3. The summed E-state index contributed by atoms with van der Waals surface area (Å²) in [6.45, 7) is 0. The van der Waals surface area contributed by atoms with E-state index in [1.807, 2.05) is 0 Å². The van der Waals surface area contributed by atoms with E-state index < -0.39 is 0 Å². The standard InChI is InChI=1S/C15H11NO4/c17-11-5-4-8(6-13(11)19)10-7-16-15(20)9-2-1-3-12(18)14(9)10/h1-7,17-19H,(H,16,20). The first-order valence-corrected chi connectivity index (χ1v) is 5.93. The maximum atomic E-state index is 11.8. The number of aromatic hydroxyl groups is 3. The number of aromatic nitrogens is 1. The van der Waals surface area contributed by atoms with Crippen LogP contribution in [0.15, 0.2) is 47.4 Å². The largest absolute Gasteiger partial charge is 0.507 e. The van der Waals surface area contributed by atoms with Gasteiger partial charge < -0.3 is 20.3 Å². The Balaban J connectivity index is 2.39. The highest BCUT2D eigenvalue weighted by atomic mass is 16.3. The van der Waals surface area contributed by atoms with Gasteiger partial charge in [0.05, 0.1) is 5.39 Å². The number of nitrogens with one attached hydrogen (secondary N) is 1. The van der Waals surface area contributed by atoms with Crippen LogP contribution in [0.3, 0.4) is 0 Å². The van der Waals surface area contributed by atoms with Gasteiger partial charge in [0.15, 0.2) is 11.5 Å². The molecule has 2 aromatic carbocycles. The zero-order valence-electron chi connectivity index (χ0n) is 10.3. The monoisotopic (exact) mass is 269 g/mol. The summed E-state index contributed by atoms with van der Waals surface area (Å²) < 4.78 is 0. The predicted molar refractivity (Wildman–Crippen MR) is 75.0 cm³/mol. The van der Waals surface area contributed by atoms with Crippen LogP contribution < -0.4 is 5.56 Å². The summed E-state index contributed by atoms with van der Waals surface area (Å²) in [6, 6.07) is 9.00. The van der Waals surface area contributed by atoms with E-state index >= 15 is 0 Å². The van der Waals surface area contributed by atoms with Gasteiger partial charge in [0.25, 0.3) is 5.56 Å². The summed E-state index contributed by atoms with van der Waals surface area (Å²) in [5.74, 6) is -0.514. The average molecular weight is 269 g/mol. The van der Waals surface area contributed by atoms with Gasteiger partial charge in [-0.1, -0.05) is 12.1 Å². The molecule has 0 bridgehead atoms. The number of pyridine rings is 1. The Morgan fingerprint density at radius 1 is 0.900 bits per heavy atom. The fourth-order valence-electron chi connectivity index (χ4n) is 2.22. The molecule has 0 aliphatic carbocycles. The Bertz CT molecular complexity index is 867. The quantitative estimate of drug-likeness (QED) is 0.510. The number of hydrogen-bond acceptors (Lipinski definition) is 4. The average Bonchev–Trinajstić information content (AvgIpc) is 2.43. The molecule has 0 fully saturated rings. The Hall–Kier alpha value is -2.95. The first kappa shape index (κ1) is 12.1. The van der Waals surface area contributed by atoms with E-state index in [2.05, 4.69) is 4.98 Å². The summed E-state index contributed by atoms with van der Waals surface area (Å²) >= 11 is 0. The van der Waals surface area contributed by atoms with E-state index in [0.29, 0.717) is 21.9 Å². The van der Waals surface area contributed by atoms with Crippen LogP contribution in [0.1, 0.15) is 0 Å². The lowest BCUT2D eigenvalue weighted by molar-refractivity contribution is 0.404. The molecular weight excluding hydrogens is 258 g/mol. The van der Waals surface area contributed by atoms with Gasteiger partial charge >= 0.3 is 0 Å². The van der Waals surface area contributed by atoms with E-state index in [-0.39, 0.29) is 22.8 Å². The van der Waals surface area contributed by atoms with Crippen LogP contribution >= 0.6 is 0 Å². The van der Waals surface area contributed by atoms with Crippen LogP contribution in [-0.4, -0.2) is 20.3 Å². The highest BCUT2D eigenvalue weighted by Gasteiger charge is 2.12. The summed E-state index contributed by atoms with van der Waals surface area (Å²) in [4.78, 5) is 14.4. The molecule has 0 saturated carbocycles. The van der Waals surface area contributed by atoms with Crippen molar-refractivity contribution in [2.75, 3.05) is 0 Å².